The number of hydrogen-bond donors (Lipinski definition) is 3. The van der Waals surface area contributed by atoms with Gasteiger partial charge in [-0.3, -0.25) is 19.9 Å². The van der Waals surface area contributed by atoms with Crippen molar-refractivity contribution in [1.82, 2.24) is 29.8 Å². The van der Waals surface area contributed by atoms with Gasteiger partial charge in [-0.2, -0.15) is 0 Å². The number of aromatic hydroxyl groups is 2. The number of thioether (sulfide) groups is 2. The van der Waals surface area contributed by atoms with Gasteiger partial charge in [-0.25, -0.2) is 9.55 Å². The maximum absolute atomic E-state index is 9.48. The van der Waals surface area contributed by atoms with E-state index in [2.05, 4.69) is 116 Å². The van der Waals surface area contributed by atoms with Crippen molar-refractivity contribution in [2.75, 3.05) is 13.6 Å². The molecule has 1 aliphatic rings. The molecule has 0 radical (unpaired) electrons. The Balaban J connectivity index is 0.000000223. The van der Waals surface area contributed by atoms with Crippen LogP contribution in [0.4, 0.5) is 0 Å². The van der Waals surface area contributed by atoms with E-state index in [9.17, 15) is 5.11 Å². The van der Waals surface area contributed by atoms with Crippen molar-refractivity contribution >= 4 is 82.8 Å². The molecule has 0 fully saturated rings. The molecular weight excluding hydrogens is 904 g/mol. The summed E-state index contributed by atoms with van der Waals surface area (Å²) in [6, 6.07) is 35.0. The molecule has 0 aliphatic carbocycles. The Morgan fingerprint density at radius 1 is 0.698 bits per heavy atom. The van der Waals surface area contributed by atoms with Gasteiger partial charge in [0.1, 0.15) is 34.0 Å². The largest absolute Gasteiger partial charge is 0.505 e. The normalized spacial score (nSPS) is 13.2. The average Bonchev–Trinajstić information content (AvgIpc) is 3.30. The zero-order valence-electron chi connectivity index (χ0n) is 35.4. The molecule has 1 aliphatic heterocycles. The van der Waals surface area contributed by atoms with Crippen LogP contribution in [0.15, 0.2) is 169 Å². The molecule has 0 bridgehead atoms. The van der Waals surface area contributed by atoms with E-state index in [1.54, 1.807) is 54.8 Å². The summed E-state index contributed by atoms with van der Waals surface area (Å²) < 4.78 is 4.64. The second kappa shape index (κ2) is 27.2. The van der Waals surface area contributed by atoms with Gasteiger partial charge in [-0.1, -0.05) is 54.4 Å². The molecule has 0 aromatic carbocycles. The Bertz CT molecular complexity index is 2520. The summed E-state index contributed by atoms with van der Waals surface area (Å²) >= 11 is 15.7. The Morgan fingerprint density at radius 2 is 1.29 bits per heavy atom. The fourth-order valence-electron chi connectivity index (χ4n) is 5.61. The number of aromatic amines is 1. The van der Waals surface area contributed by atoms with Crippen LogP contribution in [-0.4, -0.2) is 63.9 Å². The van der Waals surface area contributed by atoms with E-state index in [-0.39, 0.29) is 29.3 Å². The molecule has 326 valence electrons. The Kier molecular flexibility index (Phi) is 21.9. The third kappa shape index (κ3) is 16.9. The summed E-state index contributed by atoms with van der Waals surface area (Å²) in [6.07, 6.45) is 15.0. The fourth-order valence-corrected chi connectivity index (χ4v) is 9.13. The molecule has 1 atom stereocenters. The summed E-state index contributed by atoms with van der Waals surface area (Å²) in [5.74, 6) is 2.73. The lowest BCUT2D eigenvalue weighted by atomic mass is 9.98. The Hall–Kier alpha value is -5.00. The monoisotopic (exact) mass is 954 g/mol. The number of likely N-dealkylation sites (N-methyl/N-ethyl adjacent to an activating group) is 1. The van der Waals surface area contributed by atoms with Crippen molar-refractivity contribution < 1.29 is 18.8 Å². The Morgan fingerprint density at radius 3 is 1.84 bits per heavy atom. The summed E-state index contributed by atoms with van der Waals surface area (Å²) in [6.45, 7) is 5.11. The first-order valence-electron chi connectivity index (χ1n) is 19.5. The second-order valence-electron chi connectivity index (χ2n) is 13.7. The molecule has 7 aromatic heterocycles. The predicted octanol–water partition coefficient (Wildman–Crippen LogP) is 9.97. The summed E-state index contributed by atoms with van der Waals surface area (Å²) in [5, 5.41) is 19.1. The van der Waals surface area contributed by atoms with Gasteiger partial charge in [-0.05, 0) is 98.8 Å². The summed E-state index contributed by atoms with van der Waals surface area (Å²) in [4.78, 5) is 23.2. The van der Waals surface area contributed by atoms with Crippen LogP contribution >= 0.6 is 72.3 Å². The predicted molar refractivity (Wildman–Crippen MR) is 267 cm³/mol. The molecule has 0 saturated carbocycles. The first-order valence-corrected chi connectivity index (χ1v) is 23.3. The third-order valence-corrected chi connectivity index (χ3v) is 13.4. The van der Waals surface area contributed by atoms with E-state index in [0.717, 1.165) is 40.0 Å². The third-order valence-electron chi connectivity index (χ3n) is 8.96. The number of pyridine rings is 7. The van der Waals surface area contributed by atoms with Crippen molar-refractivity contribution in [2.45, 2.75) is 41.5 Å². The van der Waals surface area contributed by atoms with Crippen LogP contribution in [0.25, 0.3) is 5.57 Å². The smallest absolute Gasteiger partial charge is 0.223 e. The average molecular weight is 956 g/mol. The highest BCUT2D eigenvalue weighted by Gasteiger charge is 2.32. The number of hydrogen-bond acceptors (Lipinski definition) is 12. The molecule has 0 saturated heterocycles. The lowest BCUT2D eigenvalue weighted by Gasteiger charge is -2.34. The number of aryl methyl sites for hydroxylation is 2. The quantitative estimate of drug-likeness (QED) is 0.0688. The fraction of sp³-hybridized carbons (Fsp3) is 0.191. The van der Waals surface area contributed by atoms with Crippen LogP contribution in [0, 0.1) is 11.6 Å². The van der Waals surface area contributed by atoms with Gasteiger partial charge in [0.05, 0.1) is 22.5 Å². The van der Waals surface area contributed by atoms with Crippen molar-refractivity contribution in [3.63, 3.8) is 0 Å². The molecule has 1 unspecified atom stereocenters. The van der Waals surface area contributed by atoms with Crippen LogP contribution in [-0.2, 0) is 24.3 Å². The highest BCUT2D eigenvalue weighted by Crippen LogP contribution is 2.33. The van der Waals surface area contributed by atoms with Crippen molar-refractivity contribution in [3.8, 4) is 11.5 Å². The van der Waals surface area contributed by atoms with Gasteiger partial charge in [0.25, 0.3) is 0 Å². The molecule has 8 heterocycles. The number of H-pyrrole nitrogens is 1. The SMILES string of the molecule is CC1=C(c2cccc[n+]2SCc2ccccn2)CN(C)C(SCc2ccccn2)C1=S.Cc1cc[n+](C)cc1.Cl.Oc1ccc[nH]c1=S.Oc1cccnc1SCc1ccccn1. The maximum Gasteiger partial charge on any atom is 0.223 e. The number of rotatable bonds is 10. The highest BCUT2D eigenvalue weighted by molar-refractivity contribution is 8.01. The van der Waals surface area contributed by atoms with Crippen LogP contribution in [0.3, 0.4) is 0 Å². The van der Waals surface area contributed by atoms with E-state index >= 15 is 0 Å². The van der Waals surface area contributed by atoms with E-state index in [4.69, 9.17) is 17.3 Å². The number of nitrogens with one attached hydrogen (secondary N) is 1. The van der Waals surface area contributed by atoms with Crippen molar-refractivity contribution in [1.29, 1.82) is 0 Å². The highest BCUT2D eigenvalue weighted by atomic mass is 35.5. The lowest BCUT2D eigenvalue weighted by Crippen LogP contribution is -2.43. The van der Waals surface area contributed by atoms with Gasteiger partial charge in [-0.15, -0.1) is 28.1 Å². The molecular formula is C47H51ClN8O2S5+2. The van der Waals surface area contributed by atoms with Gasteiger partial charge < -0.3 is 15.2 Å². The standard InChI is InChI=1S/C24H25N4S3.C11H10N2OS.C7H10N.C5H5NOS.ClH/c1-18-21(15-27(2)24(23(18)29)30-16-19-9-3-6-12-25-19)22-11-5-8-14-28(22)31-17-20-10-4-7-13-26-20;14-10-5-3-7-13-11(10)15-8-9-4-1-2-6-12-9;1-7-3-5-8(2)6-4-7;7-4-2-1-3-6-5(4)8;/h3-14,24H,15-17H2,1-2H3;1-7,14H,8H2;3-6H,1-2H3;1-3,7H,(H,6,8);1H/q+1;;+1;;. The van der Waals surface area contributed by atoms with Gasteiger partial charge >= 0.3 is 0 Å². The molecule has 63 heavy (non-hydrogen) atoms. The Labute approximate surface area is 399 Å². The minimum absolute atomic E-state index is 0. The van der Waals surface area contributed by atoms with Crippen LogP contribution < -0.4 is 8.54 Å². The molecule has 8 rings (SSSR count). The van der Waals surface area contributed by atoms with E-state index < -0.39 is 0 Å². The minimum atomic E-state index is 0. The number of aromatic nitrogens is 7. The zero-order chi connectivity index (χ0) is 44.1. The molecule has 16 heteroatoms. The van der Waals surface area contributed by atoms with Crippen LogP contribution in [0.1, 0.15) is 35.3 Å². The molecule has 10 nitrogen and oxygen atoms in total. The van der Waals surface area contributed by atoms with Gasteiger partial charge in [0, 0.05) is 83.7 Å². The van der Waals surface area contributed by atoms with Crippen LogP contribution in [0.5, 0.6) is 11.5 Å². The summed E-state index contributed by atoms with van der Waals surface area (Å²) in [7, 11) is 4.17. The second-order valence-corrected chi connectivity index (χ2v) is 17.6. The summed E-state index contributed by atoms with van der Waals surface area (Å²) in [5.41, 5.74) is 8.14. The first-order chi connectivity index (χ1) is 30.1. The first kappa shape index (κ1) is 50.6. The molecule has 7 aromatic rings. The molecule has 3 N–H and O–H groups in total. The molecule has 0 spiro atoms. The minimum Gasteiger partial charge on any atom is -0.505 e. The number of nitrogens with zero attached hydrogens (tertiary/aromatic N) is 7. The van der Waals surface area contributed by atoms with Crippen molar-refractivity contribution in [3.05, 3.63) is 197 Å². The van der Waals surface area contributed by atoms with E-state index in [0.29, 0.717) is 15.4 Å². The zero-order valence-corrected chi connectivity index (χ0v) is 40.3. The van der Waals surface area contributed by atoms with Gasteiger partial charge in [0.2, 0.25) is 5.69 Å². The van der Waals surface area contributed by atoms with Crippen LogP contribution in [0.2, 0.25) is 0 Å². The number of halogens is 1. The lowest BCUT2D eigenvalue weighted by molar-refractivity contribution is -0.671. The number of thiocarbonyl (C=S) groups is 1. The van der Waals surface area contributed by atoms with E-state index in [1.807, 2.05) is 90.6 Å². The molecule has 0 amide bonds. The van der Waals surface area contributed by atoms with Gasteiger partial charge in [0.15, 0.2) is 30.5 Å². The topological polar surface area (TPSA) is 119 Å². The van der Waals surface area contributed by atoms with E-state index in [1.165, 1.54) is 34.2 Å². The van der Waals surface area contributed by atoms with Crippen molar-refractivity contribution in [2.24, 2.45) is 7.05 Å². The maximum atomic E-state index is 9.48.